The van der Waals surface area contributed by atoms with Crippen molar-refractivity contribution in [1.82, 2.24) is 20.2 Å². The molecule has 1 aromatic heterocycles. The lowest BCUT2D eigenvalue weighted by atomic mass is 9.90. The van der Waals surface area contributed by atoms with E-state index in [0.717, 1.165) is 6.42 Å². The van der Waals surface area contributed by atoms with Crippen molar-refractivity contribution in [3.05, 3.63) is 57.5 Å². The molecule has 4 heterocycles. The topological polar surface area (TPSA) is 105 Å². The second-order valence-electron chi connectivity index (χ2n) is 7.16. The number of nitrogens with one attached hydrogen (secondary N) is 2. The van der Waals surface area contributed by atoms with Gasteiger partial charge in [-0.05, 0) is 37.6 Å². The summed E-state index contributed by atoms with van der Waals surface area (Å²) in [6.45, 7) is 0.735. The first-order chi connectivity index (χ1) is 13.4. The van der Waals surface area contributed by atoms with Gasteiger partial charge in [-0.2, -0.15) is 0 Å². The predicted octanol–water partition coefficient (Wildman–Crippen LogP) is 0.625. The lowest BCUT2D eigenvalue weighted by Gasteiger charge is -2.35. The highest BCUT2D eigenvalue weighted by atomic mass is 19.1. The van der Waals surface area contributed by atoms with Crippen molar-refractivity contribution in [2.45, 2.75) is 37.6 Å². The van der Waals surface area contributed by atoms with Crippen LogP contribution in [0.5, 0.6) is 5.75 Å². The monoisotopic (exact) mass is 388 g/mol. The van der Waals surface area contributed by atoms with E-state index in [9.17, 15) is 19.1 Å². The summed E-state index contributed by atoms with van der Waals surface area (Å²) in [6, 6.07) is 5.67. The minimum atomic E-state index is -0.689. The molecule has 0 saturated carbocycles. The van der Waals surface area contributed by atoms with Crippen LogP contribution in [-0.4, -0.2) is 40.3 Å². The Hall–Kier alpha value is -2.78. The first kappa shape index (κ1) is 18.6. The molecule has 2 unspecified atom stereocenters. The highest BCUT2D eigenvalue weighted by Gasteiger charge is 2.44. The number of nitrogens with zero attached hydrogens (tertiary/aromatic N) is 2. The Morgan fingerprint density at radius 1 is 1.43 bits per heavy atom. The van der Waals surface area contributed by atoms with Crippen molar-refractivity contribution in [3.63, 3.8) is 0 Å². The zero-order valence-corrected chi connectivity index (χ0v) is 15.4. The van der Waals surface area contributed by atoms with Gasteiger partial charge in [0.05, 0.1) is 19.3 Å². The summed E-state index contributed by atoms with van der Waals surface area (Å²) < 4.78 is 20.2. The van der Waals surface area contributed by atoms with E-state index >= 15 is 0 Å². The lowest BCUT2D eigenvalue weighted by molar-refractivity contribution is -0.0332. The van der Waals surface area contributed by atoms with E-state index in [1.54, 1.807) is 19.2 Å². The van der Waals surface area contributed by atoms with Crippen LogP contribution in [0.25, 0.3) is 0 Å². The normalized spacial score (nSPS) is 23.1. The van der Waals surface area contributed by atoms with Gasteiger partial charge in [0, 0.05) is 6.54 Å². The van der Waals surface area contributed by atoms with E-state index in [1.165, 1.54) is 16.7 Å². The van der Waals surface area contributed by atoms with Gasteiger partial charge in [-0.1, -0.05) is 12.1 Å². The van der Waals surface area contributed by atoms with Gasteiger partial charge in [0.15, 0.2) is 5.69 Å². The number of hydrogen-bond acceptors (Lipinski definition) is 6. The Morgan fingerprint density at radius 3 is 2.82 bits per heavy atom. The van der Waals surface area contributed by atoms with E-state index in [4.69, 9.17) is 4.74 Å². The minimum absolute atomic E-state index is 0.112. The Bertz CT molecular complexity index is 965. The molecule has 3 N–H and O–H groups in total. The molecule has 0 spiro atoms. The van der Waals surface area contributed by atoms with Crippen LogP contribution < -0.4 is 16.2 Å². The molecule has 1 saturated heterocycles. The number of carbonyl (C=O) groups is 1. The van der Waals surface area contributed by atoms with Crippen molar-refractivity contribution >= 4 is 5.91 Å². The van der Waals surface area contributed by atoms with Gasteiger partial charge in [-0.3, -0.25) is 14.2 Å². The van der Waals surface area contributed by atoms with Crippen molar-refractivity contribution in [2.75, 3.05) is 13.7 Å². The van der Waals surface area contributed by atoms with Crippen molar-refractivity contribution in [1.29, 1.82) is 0 Å². The number of likely N-dealkylation sites (N-methyl/N-ethyl adjacent to an activating group) is 1. The molecule has 5 rings (SSSR count). The minimum Gasteiger partial charge on any atom is -0.501 e. The maximum Gasteiger partial charge on any atom is 0.296 e. The molecule has 28 heavy (non-hydrogen) atoms. The van der Waals surface area contributed by atoms with Gasteiger partial charge in [0.1, 0.15) is 17.2 Å². The molecule has 2 aromatic rings. The quantitative estimate of drug-likeness (QED) is 0.709. The number of carbonyl (C=O) groups excluding carboxylic acids is 1. The molecule has 3 aliphatic rings. The smallest absolute Gasteiger partial charge is 0.296 e. The molecule has 9 heteroatoms. The average Bonchev–Trinajstić information content (AvgIpc) is 2.97. The zero-order valence-electron chi connectivity index (χ0n) is 15.4. The molecule has 2 atom stereocenters. The number of aromatic nitrogens is 2. The van der Waals surface area contributed by atoms with Crippen LogP contribution in [0.2, 0.25) is 0 Å². The molecule has 1 amide bonds. The Morgan fingerprint density at radius 2 is 2.18 bits per heavy atom. The highest BCUT2D eigenvalue weighted by Crippen LogP contribution is 2.35. The lowest BCUT2D eigenvalue weighted by Crippen LogP contribution is -2.49. The van der Waals surface area contributed by atoms with Crippen LogP contribution in [0.3, 0.4) is 0 Å². The second kappa shape index (κ2) is 6.99. The third-order valence-electron chi connectivity index (χ3n) is 5.48. The summed E-state index contributed by atoms with van der Waals surface area (Å²) in [7, 11) is 1.76. The number of amides is 1. The maximum atomic E-state index is 13.0. The van der Waals surface area contributed by atoms with Crippen LogP contribution >= 0.6 is 0 Å². The fraction of sp³-hybridized carbons (Fsp3) is 0.421. The van der Waals surface area contributed by atoms with Gasteiger partial charge in [0.25, 0.3) is 11.5 Å². The number of ether oxygens (including phenoxy) is 1. The van der Waals surface area contributed by atoms with Crippen LogP contribution in [0.1, 0.15) is 34.7 Å². The third kappa shape index (κ3) is 3.06. The largest absolute Gasteiger partial charge is 0.501 e. The predicted molar refractivity (Wildman–Crippen MR) is 97.4 cm³/mol. The first-order valence-corrected chi connectivity index (χ1v) is 9.11. The van der Waals surface area contributed by atoms with Gasteiger partial charge < -0.3 is 20.5 Å². The molecule has 0 radical (unpaired) electrons. The number of benzene rings is 1. The van der Waals surface area contributed by atoms with Crippen LogP contribution in [0, 0.1) is 5.82 Å². The number of rotatable bonds is 4. The summed E-state index contributed by atoms with van der Waals surface area (Å²) in [4.78, 5) is 29.7. The summed E-state index contributed by atoms with van der Waals surface area (Å²) in [6.07, 6.45) is 1.33. The molecular weight excluding hydrogens is 367 g/mol. The van der Waals surface area contributed by atoms with Gasteiger partial charge in [-0.25, -0.2) is 9.37 Å². The summed E-state index contributed by atoms with van der Waals surface area (Å²) in [5.74, 6) is -1.34. The summed E-state index contributed by atoms with van der Waals surface area (Å²) >= 11 is 0. The Labute approximate surface area is 160 Å². The Balaban J connectivity index is 1.68. The van der Waals surface area contributed by atoms with Gasteiger partial charge in [0.2, 0.25) is 5.75 Å². The Kier molecular flexibility index (Phi) is 4.64. The van der Waals surface area contributed by atoms with E-state index in [-0.39, 0.29) is 30.7 Å². The van der Waals surface area contributed by atoms with Crippen LogP contribution in [0.4, 0.5) is 4.39 Å². The third-order valence-corrected chi connectivity index (χ3v) is 5.48. The second-order valence-corrected chi connectivity index (χ2v) is 7.16. The number of halogens is 1. The van der Waals surface area contributed by atoms with Crippen molar-refractivity contribution < 1.29 is 19.0 Å². The molecule has 8 nitrogen and oxygen atoms in total. The van der Waals surface area contributed by atoms with E-state index < -0.39 is 22.8 Å². The highest BCUT2D eigenvalue weighted by molar-refractivity contribution is 5.94. The van der Waals surface area contributed by atoms with E-state index in [1.807, 2.05) is 0 Å². The molecule has 3 aliphatic heterocycles. The molecule has 1 fully saturated rings. The maximum absolute atomic E-state index is 13.0. The number of aromatic hydroxyl groups is 1. The average molecular weight is 388 g/mol. The molecule has 148 valence electrons. The zero-order chi connectivity index (χ0) is 19.9. The fourth-order valence-electron chi connectivity index (χ4n) is 3.76. The van der Waals surface area contributed by atoms with Crippen molar-refractivity contribution in [2.24, 2.45) is 0 Å². The number of fused-ring (bicyclic) bond motifs is 2. The molecule has 2 bridgehead atoms. The van der Waals surface area contributed by atoms with Crippen LogP contribution in [0.15, 0.2) is 29.1 Å². The van der Waals surface area contributed by atoms with Crippen molar-refractivity contribution in [3.8, 4) is 5.75 Å². The van der Waals surface area contributed by atoms with E-state index in [2.05, 4.69) is 15.6 Å². The van der Waals surface area contributed by atoms with E-state index in [0.29, 0.717) is 24.4 Å². The summed E-state index contributed by atoms with van der Waals surface area (Å²) in [5, 5.41) is 16.1. The molecule has 1 aromatic carbocycles. The molecule has 0 aliphatic carbocycles. The number of hydrogen-bond donors (Lipinski definition) is 3. The van der Waals surface area contributed by atoms with Gasteiger partial charge >= 0.3 is 0 Å². The first-order valence-electron chi connectivity index (χ1n) is 9.11. The SMILES string of the molecule is CNC12CCC(Cn3c1nc(C(=O)NCc1ccc(F)cc1)c(O)c3=O)OC2. The fourth-order valence-corrected chi connectivity index (χ4v) is 3.76. The standard InChI is InChI=1S/C19H21FN4O4/c1-21-19-7-6-13(28-10-19)9-24-17(27)15(25)14(23-18(19)24)16(26)22-8-11-2-4-12(20)5-3-11/h2-5,13,21,25H,6-10H2,1H3,(H,22,26). The van der Waals surface area contributed by atoms with Gasteiger partial charge in [-0.15, -0.1) is 0 Å². The molecular formula is C19H21FN4O4. The summed E-state index contributed by atoms with van der Waals surface area (Å²) in [5.41, 5.74) is -0.988. The van der Waals surface area contributed by atoms with Crippen LogP contribution in [-0.2, 0) is 23.4 Å².